The number of thioether (sulfide) groups is 1. The van der Waals surface area contributed by atoms with Gasteiger partial charge in [0, 0.05) is 23.1 Å². The molecule has 0 atom stereocenters. The Morgan fingerprint density at radius 1 is 1.30 bits per heavy atom. The Morgan fingerprint density at radius 3 is 2.75 bits per heavy atom. The molecule has 7 heteroatoms. The second kappa shape index (κ2) is 7.06. The van der Waals surface area contributed by atoms with Gasteiger partial charge in [-0.3, -0.25) is 10.1 Å². The van der Waals surface area contributed by atoms with Crippen LogP contribution in [-0.2, 0) is 4.79 Å². The number of nitrogens with zero attached hydrogens (tertiary/aromatic N) is 1. The molecule has 0 aliphatic heterocycles. The Kier molecular flexibility index (Phi) is 5.14. The first-order valence-corrected chi connectivity index (χ1v) is 7.74. The molecule has 0 bridgehead atoms. The number of amides is 3. The van der Waals surface area contributed by atoms with Gasteiger partial charge in [0.2, 0.25) is 5.91 Å². The van der Waals surface area contributed by atoms with Gasteiger partial charge >= 0.3 is 6.03 Å². The summed E-state index contributed by atoms with van der Waals surface area (Å²) in [5, 5.41) is 4.02. The average molecular weight is 307 g/mol. The van der Waals surface area contributed by atoms with E-state index in [1.807, 2.05) is 41.0 Å². The molecule has 0 unspecified atom stereocenters. The molecule has 0 aliphatic rings. The van der Waals surface area contributed by atoms with Gasteiger partial charge in [-0.25, -0.2) is 9.78 Å². The van der Waals surface area contributed by atoms with Gasteiger partial charge in [-0.15, -0.1) is 11.3 Å². The van der Waals surface area contributed by atoms with Crippen LogP contribution in [0.3, 0.4) is 0 Å². The van der Waals surface area contributed by atoms with E-state index in [0.29, 0.717) is 5.75 Å². The monoisotopic (exact) mass is 307 g/mol. The minimum absolute atomic E-state index is 0.230. The van der Waals surface area contributed by atoms with Crippen LogP contribution in [0.15, 0.2) is 40.1 Å². The van der Waals surface area contributed by atoms with E-state index < -0.39 is 6.03 Å². The Labute approximate surface area is 124 Å². The summed E-state index contributed by atoms with van der Waals surface area (Å²) in [6, 6.07) is 9.09. The molecular formula is C13H13N3O2S2. The lowest BCUT2D eigenvalue weighted by atomic mass is 10.2. The van der Waals surface area contributed by atoms with E-state index in [1.165, 1.54) is 23.1 Å². The minimum Gasteiger partial charge on any atom is -0.351 e. The first-order valence-electron chi connectivity index (χ1n) is 5.88. The molecule has 2 aromatic rings. The van der Waals surface area contributed by atoms with Gasteiger partial charge in [0.05, 0.1) is 5.69 Å². The highest BCUT2D eigenvalue weighted by Crippen LogP contribution is 2.28. The number of primary amides is 1. The third kappa shape index (κ3) is 4.36. The Morgan fingerprint density at radius 2 is 2.05 bits per heavy atom. The van der Waals surface area contributed by atoms with Crippen LogP contribution in [0.1, 0.15) is 6.42 Å². The SMILES string of the molecule is NC(=O)NC(=O)CCSc1nc(-c2ccccc2)cs1. The van der Waals surface area contributed by atoms with Crippen LogP contribution in [-0.4, -0.2) is 22.7 Å². The van der Waals surface area contributed by atoms with Gasteiger partial charge in [-0.1, -0.05) is 42.1 Å². The average Bonchev–Trinajstić information content (AvgIpc) is 2.88. The quantitative estimate of drug-likeness (QED) is 0.831. The van der Waals surface area contributed by atoms with Crippen LogP contribution in [0.25, 0.3) is 11.3 Å². The molecule has 1 aromatic carbocycles. The van der Waals surface area contributed by atoms with Crippen molar-refractivity contribution in [1.82, 2.24) is 10.3 Å². The van der Waals surface area contributed by atoms with E-state index in [9.17, 15) is 9.59 Å². The van der Waals surface area contributed by atoms with Crippen molar-refractivity contribution in [3.05, 3.63) is 35.7 Å². The van der Waals surface area contributed by atoms with Crippen molar-refractivity contribution in [2.24, 2.45) is 5.73 Å². The summed E-state index contributed by atoms with van der Waals surface area (Å²) in [5.74, 6) is 0.186. The van der Waals surface area contributed by atoms with E-state index in [2.05, 4.69) is 4.98 Å². The standard InChI is InChI=1S/C13H13N3O2S2/c14-12(18)16-11(17)6-7-19-13-15-10(8-20-13)9-4-2-1-3-5-9/h1-5,8H,6-7H2,(H3,14,16,17,18). The molecular weight excluding hydrogens is 294 g/mol. The number of hydrogen-bond donors (Lipinski definition) is 2. The molecule has 0 spiro atoms. The summed E-state index contributed by atoms with van der Waals surface area (Å²) >= 11 is 3.02. The maximum Gasteiger partial charge on any atom is 0.318 e. The number of urea groups is 1. The smallest absolute Gasteiger partial charge is 0.318 e. The number of hydrogen-bond acceptors (Lipinski definition) is 5. The maximum atomic E-state index is 11.2. The molecule has 0 radical (unpaired) electrons. The van der Waals surface area contributed by atoms with Crippen LogP contribution in [0, 0.1) is 0 Å². The van der Waals surface area contributed by atoms with Crippen LogP contribution in [0.5, 0.6) is 0 Å². The molecule has 0 saturated carbocycles. The normalized spacial score (nSPS) is 10.2. The zero-order chi connectivity index (χ0) is 14.4. The zero-order valence-electron chi connectivity index (χ0n) is 10.5. The molecule has 3 N–H and O–H groups in total. The Bertz CT molecular complexity index is 599. The number of imide groups is 1. The first-order chi connectivity index (χ1) is 9.65. The molecule has 0 fully saturated rings. The van der Waals surface area contributed by atoms with E-state index in [1.54, 1.807) is 0 Å². The van der Waals surface area contributed by atoms with Gasteiger partial charge < -0.3 is 5.73 Å². The lowest BCUT2D eigenvalue weighted by Crippen LogP contribution is -2.35. The van der Waals surface area contributed by atoms with E-state index >= 15 is 0 Å². The second-order valence-electron chi connectivity index (χ2n) is 3.88. The third-order valence-electron chi connectivity index (χ3n) is 2.37. The van der Waals surface area contributed by atoms with Crippen molar-refractivity contribution in [3.63, 3.8) is 0 Å². The largest absolute Gasteiger partial charge is 0.351 e. The molecule has 5 nitrogen and oxygen atoms in total. The maximum absolute atomic E-state index is 11.2. The molecule has 104 valence electrons. The Hall–Kier alpha value is -1.86. The first kappa shape index (κ1) is 14.5. The summed E-state index contributed by atoms with van der Waals surface area (Å²) in [6.45, 7) is 0. The topological polar surface area (TPSA) is 85.1 Å². The predicted molar refractivity (Wildman–Crippen MR) is 80.6 cm³/mol. The van der Waals surface area contributed by atoms with Gasteiger partial charge in [-0.05, 0) is 0 Å². The molecule has 2 rings (SSSR count). The summed E-state index contributed by atoms with van der Waals surface area (Å²) in [7, 11) is 0. The number of carbonyl (C=O) groups is 2. The second-order valence-corrected chi connectivity index (χ2v) is 6.08. The van der Waals surface area contributed by atoms with Gasteiger partial charge in [-0.2, -0.15) is 0 Å². The molecule has 20 heavy (non-hydrogen) atoms. The fourth-order valence-electron chi connectivity index (χ4n) is 1.50. The fraction of sp³-hybridized carbons (Fsp3) is 0.154. The number of nitrogens with two attached hydrogens (primary N) is 1. The number of benzene rings is 1. The van der Waals surface area contributed by atoms with Crippen molar-refractivity contribution in [2.75, 3.05) is 5.75 Å². The highest BCUT2D eigenvalue weighted by atomic mass is 32.2. The van der Waals surface area contributed by atoms with Gasteiger partial charge in [0.15, 0.2) is 4.34 Å². The van der Waals surface area contributed by atoms with Crippen molar-refractivity contribution in [3.8, 4) is 11.3 Å². The summed E-state index contributed by atoms with van der Waals surface area (Å²) < 4.78 is 0.899. The van der Waals surface area contributed by atoms with Crippen LogP contribution in [0.4, 0.5) is 4.79 Å². The third-order valence-corrected chi connectivity index (χ3v) is 4.39. The van der Waals surface area contributed by atoms with Crippen LogP contribution >= 0.6 is 23.1 Å². The van der Waals surface area contributed by atoms with Crippen molar-refractivity contribution < 1.29 is 9.59 Å². The number of aromatic nitrogens is 1. The molecule has 0 saturated heterocycles. The summed E-state index contributed by atoms with van der Waals surface area (Å²) in [4.78, 5) is 26.2. The van der Waals surface area contributed by atoms with E-state index in [0.717, 1.165) is 15.6 Å². The number of rotatable bonds is 5. The molecule has 0 aliphatic carbocycles. The summed E-state index contributed by atoms with van der Waals surface area (Å²) in [6.07, 6.45) is 0.230. The highest BCUT2D eigenvalue weighted by Gasteiger charge is 2.07. The van der Waals surface area contributed by atoms with Crippen LogP contribution < -0.4 is 11.1 Å². The lowest BCUT2D eigenvalue weighted by Gasteiger charge is -1.99. The van der Waals surface area contributed by atoms with Crippen LogP contribution in [0.2, 0.25) is 0 Å². The lowest BCUT2D eigenvalue weighted by molar-refractivity contribution is -0.119. The predicted octanol–water partition coefficient (Wildman–Crippen LogP) is 2.49. The number of carbonyl (C=O) groups excluding carboxylic acids is 2. The number of thiazole rings is 1. The molecule has 1 aromatic heterocycles. The molecule has 3 amide bonds. The van der Waals surface area contributed by atoms with Gasteiger partial charge in [0.25, 0.3) is 0 Å². The van der Waals surface area contributed by atoms with Crippen molar-refractivity contribution in [2.45, 2.75) is 10.8 Å². The van der Waals surface area contributed by atoms with Crippen molar-refractivity contribution >= 4 is 35.0 Å². The van der Waals surface area contributed by atoms with E-state index in [-0.39, 0.29) is 12.3 Å². The van der Waals surface area contributed by atoms with Gasteiger partial charge in [0.1, 0.15) is 0 Å². The number of nitrogens with one attached hydrogen (secondary N) is 1. The highest BCUT2D eigenvalue weighted by molar-refractivity contribution is 8.01. The fourth-order valence-corrected chi connectivity index (χ4v) is 3.34. The van der Waals surface area contributed by atoms with E-state index in [4.69, 9.17) is 5.73 Å². The Balaban J connectivity index is 1.85. The van der Waals surface area contributed by atoms with Crippen molar-refractivity contribution in [1.29, 1.82) is 0 Å². The summed E-state index contributed by atoms with van der Waals surface area (Å²) in [5.41, 5.74) is 6.86. The zero-order valence-corrected chi connectivity index (χ0v) is 12.2. The molecule has 1 heterocycles. The minimum atomic E-state index is -0.819.